The quantitative estimate of drug-likeness (QED) is 0.361. The van der Waals surface area contributed by atoms with Crippen molar-refractivity contribution in [3.8, 4) is 11.5 Å². The van der Waals surface area contributed by atoms with Gasteiger partial charge in [-0.05, 0) is 43.2 Å². The van der Waals surface area contributed by atoms with E-state index in [9.17, 15) is 9.59 Å². The van der Waals surface area contributed by atoms with Gasteiger partial charge in [-0.3, -0.25) is 9.59 Å². The predicted molar refractivity (Wildman–Crippen MR) is 117 cm³/mol. The summed E-state index contributed by atoms with van der Waals surface area (Å²) in [6, 6.07) is 10.3. The van der Waals surface area contributed by atoms with Crippen LogP contribution in [-0.2, 0) is 16.2 Å². The molecule has 9 heteroatoms. The molecule has 0 aromatic heterocycles. The molecule has 0 saturated carbocycles. The Morgan fingerprint density at radius 1 is 1.17 bits per heavy atom. The fraction of sp³-hybridized carbons (Fsp3) is 0.286. The number of ether oxygens (including phenoxy) is 2. The molecule has 7 nitrogen and oxygen atoms in total. The molecular weight excluding hydrogens is 429 g/mol. The lowest BCUT2D eigenvalue weighted by Crippen LogP contribution is -2.41. The first-order valence-electron chi connectivity index (χ1n) is 9.23. The van der Waals surface area contributed by atoms with Crippen LogP contribution in [0.25, 0.3) is 0 Å². The van der Waals surface area contributed by atoms with Crippen molar-refractivity contribution >= 4 is 41.2 Å². The maximum atomic E-state index is 11.8. The first-order chi connectivity index (χ1) is 14.3. The Bertz CT molecular complexity index is 934. The number of carbonyl (C=O) groups excluding carboxylic acids is 2. The summed E-state index contributed by atoms with van der Waals surface area (Å²) in [4.78, 5) is 23.6. The molecule has 30 heavy (non-hydrogen) atoms. The summed E-state index contributed by atoms with van der Waals surface area (Å²) in [6.45, 7) is 3.92. The molecule has 0 fully saturated rings. The molecule has 0 aliphatic heterocycles. The third-order valence-electron chi connectivity index (χ3n) is 4.16. The van der Waals surface area contributed by atoms with E-state index < -0.39 is 11.8 Å². The average Bonchev–Trinajstić information content (AvgIpc) is 2.74. The average molecular weight is 452 g/mol. The number of halogens is 2. The van der Waals surface area contributed by atoms with E-state index in [-0.39, 0.29) is 12.6 Å². The number of hydrogen-bond acceptors (Lipinski definition) is 5. The lowest BCUT2D eigenvalue weighted by molar-refractivity contribution is -0.139. The second-order valence-electron chi connectivity index (χ2n) is 6.40. The summed E-state index contributed by atoms with van der Waals surface area (Å²) in [5.41, 5.74) is 3.57. The second kappa shape index (κ2) is 11.4. The summed E-state index contributed by atoms with van der Waals surface area (Å²) >= 11 is 12.0. The van der Waals surface area contributed by atoms with Crippen molar-refractivity contribution in [3.63, 3.8) is 0 Å². The van der Waals surface area contributed by atoms with Crippen LogP contribution in [-0.4, -0.2) is 31.2 Å². The normalized spacial score (nSPS) is 11.8. The van der Waals surface area contributed by atoms with Gasteiger partial charge >= 0.3 is 11.8 Å². The van der Waals surface area contributed by atoms with Gasteiger partial charge in [0.05, 0.1) is 23.4 Å². The number of para-hydroxylation sites is 1. The molecule has 0 heterocycles. The maximum absolute atomic E-state index is 11.8. The highest BCUT2D eigenvalue weighted by molar-refractivity contribution is 6.42. The number of methoxy groups -OCH3 is 1. The molecule has 0 aliphatic carbocycles. The Hall–Kier alpha value is -2.77. The van der Waals surface area contributed by atoms with Crippen molar-refractivity contribution < 1.29 is 19.1 Å². The third kappa shape index (κ3) is 6.64. The molecule has 160 valence electrons. The largest absolute Gasteiger partial charge is 0.493 e. The van der Waals surface area contributed by atoms with Crippen molar-refractivity contribution in [2.75, 3.05) is 7.11 Å². The van der Waals surface area contributed by atoms with Gasteiger partial charge in [0.2, 0.25) is 0 Å². The zero-order chi connectivity index (χ0) is 22.1. The molecule has 2 rings (SSSR count). The third-order valence-corrected chi connectivity index (χ3v) is 4.90. The fourth-order valence-corrected chi connectivity index (χ4v) is 2.66. The lowest BCUT2D eigenvalue weighted by Gasteiger charge is -2.13. The topological polar surface area (TPSA) is 89.0 Å². The first kappa shape index (κ1) is 23.5. The van der Waals surface area contributed by atoms with E-state index in [0.29, 0.717) is 33.5 Å². The molecule has 2 aromatic carbocycles. The highest BCUT2D eigenvalue weighted by Gasteiger charge is 2.15. The highest BCUT2D eigenvalue weighted by Crippen LogP contribution is 2.31. The molecule has 1 atom stereocenters. The van der Waals surface area contributed by atoms with Gasteiger partial charge in [0.1, 0.15) is 6.61 Å². The van der Waals surface area contributed by atoms with Crippen molar-refractivity contribution in [1.82, 2.24) is 10.7 Å². The standard InChI is InChI=1S/C21H23Cl2N3O4/c1-4-13(2)25-20(27)21(28)26-24-11-15-6-5-7-18(29-3)19(15)30-12-14-8-9-16(22)17(23)10-14/h5-11,13H,4,12H2,1-3H3,(H,25,27)(H,26,28)/b24-11-/t13-/m1/s1. The number of hydrogen-bond donors (Lipinski definition) is 2. The summed E-state index contributed by atoms with van der Waals surface area (Å²) < 4.78 is 11.3. The van der Waals surface area contributed by atoms with E-state index in [0.717, 1.165) is 5.56 Å². The Kier molecular flexibility index (Phi) is 8.95. The molecular formula is C21H23Cl2N3O4. The van der Waals surface area contributed by atoms with Gasteiger partial charge in [0, 0.05) is 11.6 Å². The first-order valence-corrected chi connectivity index (χ1v) is 9.98. The number of rotatable bonds is 8. The predicted octanol–water partition coefficient (Wildman–Crippen LogP) is 3.95. The van der Waals surface area contributed by atoms with Crippen LogP contribution < -0.4 is 20.2 Å². The van der Waals surface area contributed by atoms with Crippen molar-refractivity contribution in [1.29, 1.82) is 0 Å². The van der Waals surface area contributed by atoms with Gasteiger partial charge in [-0.2, -0.15) is 5.10 Å². The maximum Gasteiger partial charge on any atom is 0.329 e. The van der Waals surface area contributed by atoms with Crippen LogP contribution in [0.15, 0.2) is 41.5 Å². The number of benzene rings is 2. The smallest absolute Gasteiger partial charge is 0.329 e. The van der Waals surface area contributed by atoms with Crippen LogP contribution in [0, 0.1) is 0 Å². The minimum atomic E-state index is -0.854. The molecule has 2 aromatic rings. The number of amides is 2. The Balaban J connectivity index is 2.10. The van der Waals surface area contributed by atoms with Crippen LogP contribution in [0.2, 0.25) is 10.0 Å². The molecule has 0 saturated heterocycles. The Morgan fingerprint density at radius 3 is 2.60 bits per heavy atom. The van der Waals surface area contributed by atoms with Crippen LogP contribution in [0.3, 0.4) is 0 Å². The van der Waals surface area contributed by atoms with Crippen molar-refractivity contribution in [2.45, 2.75) is 32.9 Å². The molecule has 0 aliphatic rings. The minimum absolute atomic E-state index is 0.105. The second-order valence-corrected chi connectivity index (χ2v) is 7.21. The van der Waals surface area contributed by atoms with E-state index >= 15 is 0 Å². The number of nitrogens with one attached hydrogen (secondary N) is 2. The van der Waals surface area contributed by atoms with Gasteiger partial charge in [-0.25, -0.2) is 5.43 Å². The molecule has 2 amide bonds. The van der Waals surface area contributed by atoms with Gasteiger partial charge in [0.25, 0.3) is 0 Å². The van der Waals surface area contributed by atoms with Gasteiger partial charge in [-0.1, -0.05) is 42.3 Å². The fourth-order valence-electron chi connectivity index (χ4n) is 2.34. The molecule has 0 bridgehead atoms. The molecule has 0 radical (unpaired) electrons. The van der Waals surface area contributed by atoms with Crippen LogP contribution in [0.4, 0.5) is 0 Å². The Labute approximate surface area is 185 Å². The summed E-state index contributed by atoms with van der Waals surface area (Å²) in [6.07, 6.45) is 2.09. The van der Waals surface area contributed by atoms with Gasteiger partial charge in [-0.15, -0.1) is 0 Å². The van der Waals surface area contributed by atoms with E-state index in [4.69, 9.17) is 32.7 Å². The zero-order valence-corrected chi connectivity index (χ0v) is 18.4. The summed E-state index contributed by atoms with van der Waals surface area (Å²) in [5.74, 6) is -0.691. The van der Waals surface area contributed by atoms with E-state index in [1.807, 2.05) is 13.8 Å². The lowest BCUT2D eigenvalue weighted by atomic mass is 10.2. The van der Waals surface area contributed by atoms with E-state index in [1.165, 1.54) is 13.3 Å². The number of carbonyl (C=O) groups is 2. The monoisotopic (exact) mass is 451 g/mol. The van der Waals surface area contributed by atoms with Gasteiger partial charge in [0.15, 0.2) is 11.5 Å². The molecule has 2 N–H and O–H groups in total. The van der Waals surface area contributed by atoms with Crippen molar-refractivity contribution in [2.24, 2.45) is 5.10 Å². The Morgan fingerprint density at radius 2 is 1.93 bits per heavy atom. The minimum Gasteiger partial charge on any atom is -0.493 e. The van der Waals surface area contributed by atoms with Crippen molar-refractivity contribution in [3.05, 3.63) is 57.6 Å². The van der Waals surface area contributed by atoms with E-state index in [2.05, 4.69) is 15.8 Å². The van der Waals surface area contributed by atoms with Crippen LogP contribution in [0.5, 0.6) is 11.5 Å². The SMILES string of the molecule is CC[C@@H](C)NC(=O)C(=O)N/N=C\c1cccc(OC)c1OCc1ccc(Cl)c(Cl)c1. The molecule has 0 unspecified atom stereocenters. The summed E-state index contributed by atoms with van der Waals surface area (Å²) in [7, 11) is 1.52. The van der Waals surface area contributed by atoms with E-state index in [1.54, 1.807) is 36.4 Å². The summed E-state index contributed by atoms with van der Waals surface area (Å²) in [5, 5.41) is 7.30. The van der Waals surface area contributed by atoms with Crippen LogP contribution in [0.1, 0.15) is 31.4 Å². The van der Waals surface area contributed by atoms with Gasteiger partial charge < -0.3 is 14.8 Å². The zero-order valence-electron chi connectivity index (χ0n) is 16.9. The highest BCUT2D eigenvalue weighted by atomic mass is 35.5. The molecule has 0 spiro atoms. The number of hydrazone groups is 1. The van der Waals surface area contributed by atoms with Crippen LogP contribution >= 0.6 is 23.2 Å². The number of nitrogens with zero attached hydrogens (tertiary/aromatic N) is 1.